The maximum atomic E-state index is 13.5. The van der Waals surface area contributed by atoms with Crippen LogP contribution in [0.4, 0.5) is 4.39 Å². The lowest BCUT2D eigenvalue weighted by atomic mass is 10.1. The van der Waals surface area contributed by atoms with Crippen molar-refractivity contribution < 1.29 is 12.8 Å². The normalized spacial score (nSPS) is 15.6. The summed E-state index contributed by atoms with van der Waals surface area (Å²) in [6, 6.07) is 8.52. The molecule has 2 aromatic heterocycles. The van der Waals surface area contributed by atoms with Crippen LogP contribution in [0.1, 0.15) is 25.9 Å². The second-order valence-electron chi connectivity index (χ2n) is 7.24. The van der Waals surface area contributed by atoms with Crippen molar-refractivity contribution >= 4 is 10.0 Å². The Kier molecular flexibility index (Phi) is 4.83. The molecular weight excluding hydrogens is 397 g/mol. The lowest BCUT2D eigenvalue weighted by Gasteiger charge is -2.37. The number of aromatic nitrogens is 4. The van der Waals surface area contributed by atoms with Crippen molar-refractivity contribution in [2.45, 2.75) is 31.0 Å². The summed E-state index contributed by atoms with van der Waals surface area (Å²) in [5.74, 6) is -0.399. The highest BCUT2D eigenvalue weighted by Crippen LogP contribution is 2.27. The smallest absolute Gasteiger partial charge is 0.267 e. The van der Waals surface area contributed by atoms with Crippen LogP contribution in [0.15, 0.2) is 58.7 Å². The van der Waals surface area contributed by atoms with Gasteiger partial charge in [0.05, 0.1) is 18.1 Å². The molecule has 4 rings (SSSR count). The first kappa shape index (κ1) is 19.5. The predicted molar refractivity (Wildman–Crippen MR) is 104 cm³/mol. The lowest BCUT2D eigenvalue weighted by Crippen LogP contribution is -2.53. The Morgan fingerprint density at radius 3 is 2.59 bits per heavy atom. The molecule has 0 radical (unpaired) electrons. The molecule has 0 amide bonds. The minimum absolute atomic E-state index is 0.0153. The molecule has 0 N–H and O–H groups in total. The average molecular weight is 417 g/mol. The van der Waals surface area contributed by atoms with Gasteiger partial charge in [0.25, 0.3) is 15.6 Å². The van der Waals surface area contributed by atoms with Crippen molar-refractivity contribution in [3.05, 3.63) is 65.1 Å². The summed E-state index contributed by atoms with van der Waals surface area (Å²) in [7, 11) is -3.73. The Balaban J connectivity index is 1.55. The van der Waals surface area contributed by atoms with Gasteiger partial charge in [0.15, 0.2) is 5.03 Å². The summed E-state index contributed by atoms with van der Waals surface area (Å²) >= 11 is 0. The van der Waals surface area contributed by atoms with Gasteiger partial charge in [0.1, 0.15) is 5.82 Å². The van der Waals surface area contributed by atoms with E-state index < -0.39 is 21.9 Å². The van der Waals surface area contributed by atoms with Gasteiger partial charge in [-0.1, -0.05) is 12.1 Å². The summed E-state index contributed by atoms with van der Waals surface area (Å²) in [4.78, 5) is 16.3. The number of nitrogens with zero attached hydrogens (tertiary/aromatic N) is 5. The van der Waals surface area contributed by atoms with E-state index in [1.807, 2.05) is 13.8 Å². The summed E-state index contributed by atoms with van der Waals surface area (Å²) < 4.78 is 43.2. The van der Waals surface area contributed by atoms with E-state index in [1.54, 1.807) is 16.7 Å². The van der Waals surface area contributed by atoms with Crippen LogP contribution < -0.4 is 5.56 Å². The molecule has 8 nitrogen and oxygen atoms in total. The minimum atomic E-state index is -3.73. The van der Waals surface area contributed by atoms with Crippen LogP contribution in [-0.2, 0) is 10.0 Å². The van der Waals surface area contributed by atoms with Crippen molar-refractivity contribution in [1.82, 2.24) is 23.6 Å². The first-order chi connectivity index (χ1) is 13.8. The van der Waals surface area contributed by atoms with E-state index in [2.05, 4.69) is 10.1 Å². The van der Waals surface area contributed by atoms with Gasteiger partial charge in [0.2, 0.25) is 0 Å². The molecule has 0 unspecified atom stereocenters. The predicted octanol–water partition coefficient (Wildman–Crippen LogP) is 2.07. The fourth-order valence-electron chi connectivity index (χ4n) is 3.12. The summed E-state index contributed by atoms with van der Waals surface area (Å²) in [5.41, 5.74) is 0.652. The van der Waals surface area contributed by atoms with E-state index in [1.165, 1.54) is 45.8 Å². The SMILES string of the molecule is CC(C)n1cnc(S(=O)(=O)N2CC(n3nc(-c4cccc(F)c4)ccc3=O)C2)c1. The number of hydrogen-bond acceptors (Lipinski definition) is 5. The third kappa shape index (κ3) is 3.60. The largest absolute Gasteiger partial charge is 0.334 e. The molecule has 1 aliphatic rings. The number of sulfonamides is 1. The van der Waals surface area contributed by atoms with Crippen molar-refractivity contribution in [2.75, 3.05) is 13.1 Å². The Morgan fingerprint density at radius 1 is 1.17 bits per heavy atom. The number of benzene rings is 1. The maximum absolute atomic E-state index is 13.5. The Labute approximate surface area is 167 Å². The van der Waals surface area contributed by atoms with Crippen molar-refractivity contribution in [3.63, 3.8) is 0 Å². The average Bonchev–Trinajstić information content (AvgIpc) is 3.13. The van der Waals surface area contributed by atoms with Crippen LogP contribution in [0.25, 0.3) is 11.3 Å². The van der Waals surface area contributed by atoms with E-state index in [9.17, 15) is 17.6 Å². The van der Waals surface area contributed by atoms with Gasteiger partial charge < -0.3 is 4.57 Å². The van der Waals surface area contributed by atoms with Crippen LogP contribution >= 0.6 is 0 Å². The molecule has 1 aliphatic heterocycles. The van der Waals surface area contributed by atoms with Crippen molar-refractivity contribution in [2.24, 2.45) is 0 Å². The fourth-order valence-corrected chi connectivity index (χ4v) is 4.56. The van der Waals surface area contributed by atoms with E-state index in [0.29, 0.717) is 11.3 Å². The van der Waals surface area contributed by atoms with E-state index in [-0.39, 0.29) is 29.7 Å². The summed E-state index contributed by atoms with van der Waals surface area (Å²) in [6.07, 6.45) is 2.99. The highest BCUT2D eigenvalue weighted by atomic mass is 32.2. The number of hydrogen-bond donors (Lipinski definition) is 0. The Hall–Kier alpha value is -2.85. The number of rotatable bonds is 5. The first-order valence-electron chi connectivity index (χ1n) is 9.15. The first-order valence-corrected chi connectivity index (χ1v) is 10.6. The van der Waals surface area contributed by atoms with Gasteiger partial charge in [-0.05, 0) is 32.0 Å². The highest BCUT2D eigenvalue weighted by molar-refractivity contribution is 7.89. The molecule has 3 heterocycles. The molecule has 0 aliphatic carbocycles. The Morgan fingerprint density at radius 2 is 1.93 bits per heavy atom. The molecule has 1 saturated heterocycles. The quantitative estimate of drug-likeness (QED) is 0.634. The molecule has 0 bridgehead atoms. The van der Waals surface area contributed by atoms with Crippen molar-refractivity contribution in [3.8, 4) is 11.3 Å². The third-order valence-electron chi connectivity index (χ3n) is 4.90. The van der Waals surface area contributed by atoms with Gasteiger partial charge in [0, 0.05) is 37.0 Å². The molecule has 10 heteroatoms. The minimum Gasteiger partial charge on any atom is -0.334 e. The lowest BCUT2D eigenvalue weighted by molar-refractivity contribution is 0.185. The molecule has 29 heavy (non-hydrogen) atoms. The van der Waals surface area contributed by atoms with Crippen LogP contribution in [-0.4, -0.2) is 45.1 Å². The zero-order chi connectivity index (χ0) is 20.8. The second kappa shape index (κ2) is 7.20. The number of imidazole rings is 1. The Bertz CT molecular complexity index is 1210. The zero-order valence-electron chi connectivity index (χ0n) is 15.9. The molecule has 152 valence electrons. The summed E-state index contributed by atoms with van der Waals surface area (Å²) in [6.45, 7) is 4.11. The fraction of sp³-hybridized carbons (Fsp3) is 0.316. The van der Waals surface area contributed by atoms with Crippen LogP contribution in [0.3, 0.4) is 0 Å². The highest BCUT2D eigenvalue weighted by Gasteiger charge is 2.40. The third-order valence-corrected chi connectivity index (χ3v) is 6.62. The van der Waals surface area contributed by atoms with Gasteiger partial charge in [-0.2, -0.15) is 9.40 Å². The van der Waals surface area contributed by atoms with Gasteiger partial charge in [-0.25, -0.2) is 22.5 Å². The van der Waals surface area contributed by atoms with Crippen molar-refractivity contribution in [1.29, 1.82) is 0 Å². The van der Waals surface area contributed by atoms with E-state index >= 15 is 0 Å². The van der Waals surface area contributed by atoms with Crippen LogP contribution in [0.5, 0.6) is 0 Å². The topological polar surface area (TPSA) is 90.1 Å². The van der Waals surface area contributed by atoms with E-state index in [4.69, 9.17) is 0 Å². The van der Waals surface area contributed by atoms with Gasteiger partial charge in [-0.3, -0.25) is 4.79 Å². The van der Waals surface area contributed by atoms with Gasteiger partial charge >= 0.3 is 0 Å². The molecule has 3 aromatic rings. The molecule has 1 aromatic carbocycles. The maximum Gasteiger partial charge on any atom is 0.267 e. The summed E-state index contributed by atoms with van der Waals surface area (Å²) in [5, 5.41) is 4.30. The van der Waals surface area contributed by atoms with Crippen LogP contribution in [0.2, 0.25) is 0 Å². The zero-order valence-corrected chi connectivity index (χ0v) is 16.8. The number of halogens is 1. The standard InChI is InChI=1S/C19H20FN5O3S/c1-13(2)23-11-18(21-12-23)29(27,28)24-9-16(10-24)25-19(26)7-6-17(22-25)14-4-3-5-15(20)8-14/h3-8,11-13,16H,9-10H2,1-2H3. The molecular formula is C19H20FN5O3S. The molecule has 1 fully saturated rings. The van der Waals surface area contributed by atoms with Crippen LogP contribution in [0, 0.1) is 5.82 Å². The molecule has 0 atom stereocenters. The van der Waals surface area contributed by atoms with E-state index in [0.717, 1.165) is 0 Å². The van der Waals surface area contributed by atoms with Gasteiger partial charge in [-0.15, -0.1) is 0 Å². The second-order valence-corrected chi connectivity index (χ2v) is 9.13. The molecule has 0 spiro atoms. The monoisotopic (exact) mass is 417 g/mol. The molecule has 0 saturated carbocycles.